The van der Waals surface area contributed by atoms with Gasteiger partial charge in [-0.3, -0.25) is 0 Å². The van der Waals surface area contributed by atoms with E-state index in [2.05, 4.69) is 15.8 Å². The first-order valence-electron chi connectivity index (χ1n) is 3.48. The Balaban J connectivity index is 2.45. The summed E-state index contributed by atoms with van der Waals surface area (Å²) in [5, 5.41) is 6.06. The first-order chi connectivity index (χ1) is 6.22. The monoisotopic (exact) mass is 217 g/mol. The molecule has 2 amide bonds. The number of halogens is 1. The zero-order chi connectivity index (χ0) is 9.68. The van der Waals surface area contributed by atoms with E-state index in [1.807, 2.05) is 6.07 Å². The Hall–Kier alpha value is -1.07. The summed E-state index contributed by atoms with van der Waals surface area (Å²) >= 11 is 7.08. The molecule has 0 bridgehead atoms. The van der Waals surface area contributed by atoms with Gasteiger partial charge in [0.25, 0.3) is 0 Å². The summed E-state index contributed by atoms with van der Waals surface area (Å²) in [5.41, 5.74) is 2.27. The van der Waals surface area contributed by atoms with Crippen molar-refractivity contribution in [1.82, 2.24) is 10.7 Å². The van der Waals surface area contributed by atoms with Crippen LogP contribution in [0.3, 0.4) is 0 Å². The zero-order valence-corrected chi connectivity index (χ0v) is 8.45. The van der Waals surface area contributed by atoms with E-state index in [1.54, 1.807) is 6.07 Å². The number of carbonyl (C=O) groups is 1. The highest BCUT2D eigenvalue weighted by Gasteiger charge is 1.94. The quantitative estimate of drug-likeness (QED) is 0.575. The van der Waals surface area contributed by atoms with Crippen molar-refractivity contribution < 1.29 is 4.79 Å². The number of hydrazone groups is 1. The number of thiophene rings is 1. The van der Waals surface area contributed by atoms with Gasteiger partial charge in [0.15, 0.2) is 0 Å². The summed E-state index contributed by atoms with van der Waals surface area (Å²) in [6, 6.07) is 3.24. The lowest BCUT2D eigenvalue weighted by atomic mass is 10.5. The Kier molecular flexibility index (Phi) is 3.72. The van der Waals surface area contributed by atoms with Crippen LogP contribution in [0.2, 0.25) is 4.34 Å². The SMILES string of the molecule is CNC(=O)N/N=C/c1ccc(Cl)s1. The Morgan fingerprint density at radius 3 is 3.00 bits per heavy atom. The van der Waals surface area contributed by atoms with E-state index in [0.717, 1.165) is 4.88 Å². The standard InChI is InChI=1S/C7H8ClN3OS/c1-9-7(12)11-10-4-5-2-3-6(8)13-5/h2-4H,1H3,(H2,9,11,12)/b10-4+. The molecular weight excluding hydrogens is 210 g/mol. The molecule has 0 spiro atoms. The molecule has 0 aromatic carbocycles. The minimum absolute atomic E-state index is 0.348. The molecule has 1 aromatic heterocycles. The maximum atomic E-state index is 10.6. The molecule has 0 aliphatic carbocycles. The van der Waals surface area contributed by atoms with E-state index < -0.39 is 0 Å². The van der Waals surface area contributed by atoms with Crippen molar-refractivity contribution in [2.24, 2.45) is 5.10 Å². The van der Waals surface area contributed by atoms with Crippen LogP contribution >= 0.6 is 22.9 Å². The second-order valence-electron chi connectivity index (χ2n) is 2.09. The number of nitrogens with one attached hydrogen (secondary N) is 2. The third-order valence-electron chi connectivity index (χ3n) is 1.18. The summed E-state index contributed by atoms with van der Waals surface area (Å²) in [4.78, 5) is 11.5. The van der Waals surface area contributed by atoms with Gasteiger partial charge in [-0.05, 0) is 12.1 Å². The molecule has 0 atom stereocenters. The molecule has 13 heavy (non-hydrogen) atoms. The van der Waals surface area contributed by atoms with Gasteiger partial charge in [0.05, 0.1) is 10.6 Å². The van der Waals surface area contributed by atoms with E-state index in [-0.39, 0.29) is 6.03 Å². The average Bonchev–Trinajstić information content (AvgIpc) is 2.51. The molecule has 70 valence electrons. The molecule has 0 saturated carbocycles. The smallest absolute Gasteiger partial charge is 0.334 e. The van der Waals surface area contributed by atoms with Gasteiger partial charge < -0.3 is 5.32 Å². The van der Waals surface area contributed by atoms with Crippen molar-refractivity contribution in [3.8, 4) is 0 Å². The van der Waals surface area contributed by atoms with Crippen LogP contribution in [0, 0.1) is 0 Å². The Morgan fingerprint density at radius 1 is 1.69 bits per heavy atom. The van der Waals surface area contributed by atoms with Crippen LogP contribution in [0.4, 0.5) is 4.79 Å². The third kappa shape index (κ3) is 3.43. The van der Waals surface area contributed by atoms with Crippen LogP contribution in [-0.4, -0.2) is 19.3 Å². The van der Waals surface area contributed by atoms with Gasteiger partial charge in [0.1, 0.15) is 0 Å². The number of nitrogens with zero attached hydrogens (tertiary/aromatic N) is 1. The van der Waals surface area contributed by atoms with Crippen molar-refractivity contribution in [1.29, 1.82) is 0 Å². The number of urea groups is 1. The summed E-state index contributed by atoms with van der Waals surface area (Å²) in [6.45, 7) is 0. The zero-order valence-electron chi connectivity index (χ0n) is 6.87. The summed E-state index contributed by atoms with van der Waals surface area (Å²) in [6.07, 6.45) is 1.53. The fourth-order valence-corrected chi connectivity index (χ4v) is 1.54. The highest BCUT2D eigenvalue weighted by molar-refractivity contribution is 7.17. The first-order valence-corrected chi connectivity index (χ1v) is 4.68. The lowest BCUT2D eigenvalue weighted by Crippen LogP contribution is -2.28. The molecule has 1 rings (SSSR count). The van der Waals surface area contributed by atoms with E-state index in [4.69, 9.17) is 11.6 Å². The number of rotatable bonds is 2. The molecule has 0 radical (unpaired) electrons. The fourth-order valence-electron chi connectivity index (χ4n) is 0.608. The molecule has 0 saturated heterocycles. The molecule has 0 unspecified atom stereocenters. The summed E-state index contributed by atoms with van der Waals surface area (Å²) < 4.78 is 0.696. The molecular formula is C7H8ClN3OS. The Morgan fingerprint density at radius 2 is 2.46 bits per heavy atom. The molecule has 0 fully saturated rings. The lowest BCUT2D eigenvalue weighted by Gasteiger charge is -1.94. The number of hydrogen-bond acceptors (Lipinski definition) is 3. The van der Waals surface area contributed by atoms with Gasteiger partial charge in [-0.25, -0.2) is 10.2 Å². The molecule has 0 aliphatic heterocycles. The van der Waals surface area contributed by atoms with E-state index in [1.165, 1.54) is 24.6 Å². The Labute approximate surface area is 84.6 Å². The summed E-state index contributed by atoms with van der Waals surface area (Å²) in [7, 11) is 1.52. The van der Waals surface area contributed by atoms with Crippen LogP contribution in [0.25, 0.3) is 0 Å². The van der Waals surface area contributed by atoms with Crippen LogP contribution in [0.15, 0.2) is 17.2 Å². The first kappa shape index (κ1) is 10.0. The van der Waals surface area contributed by atoms with Crippen LogP contribution in [0.5, 0.6) is 0 Å². The van der Waals surface area contributed by atoms with Gasteiger partial charge in [-0.1, -0.05) is 11.6 Å². The van der Waals surface area contributed by atoms with Crippen molar-refractivity contribution >= 4 is 35.2 Å². The van der Waals surface area contributed by atoms with Crippen molar-refractivity contribution in [3.05, 3.63) is 21.3 Å². The predicted octanol–water partition coefficient (Wildman–Crippen LogP) is 1.66. The van der Waals surface area contributed by atoms with Gasteiger partial charge in [0, 0.05) is 11.9 Å². The largest absolute Gasteiger partial charge is 0.340 e. The van der Waals surface area contributed by atoms with Gasteiger partial charge >= 0.3 is 6.03 Å². The maximum absolute atomic E-state index is 10.6. The number of amides is 2. The second-order valence-corrected chi connectivity index (χ2v) is 3.84. The van der Waals surface area contributed by atoms with Crippen molar-refractivity contribution in [3.63, 3.8) is 0 Å². The maximum Gasteiger partial charge on any atom is 0.334 e. The van der Waals surface area contributed by atoms with Crippen LogP contribution in [0.1, 0.15) is 4.88 Å². The Bertz CT molecular complexity index is 323. The third-order valence-corrected chi connectivity index (χ3v) is 2.34. The highest BCUT2D eigenvalue weighted by Crippen LogP contribution is 2.19. The molecule has 0 aliphatic rings. The van der Waals surface area contributed by atoms with Gasteiger partial charge in [-0.2, -0.15) is 5.10 Å². The van der Waals surface area contributed by atoms with Gasteiger partial charge in [-0.15, -0.1) is 11.3 Å². The molecule has 2 N–H and O–H groups in total. The van der Waals surface area contributed by atoms with Crippen molar-refractivity contribution in [2.45, 2.75) is 0 Å². The minimum Gasteiger partial charge on any atom is -0.340 e. The van der Waals surface area contributed by atoms with Crippen molar-refractivity contribution in [2.75, 3.05) is 7.05 Å². The lowest BCUT2D eigenvalue weighted by molar-refractivity contribution is 0.243. The molecule has 4 nitrogen and oxygen atoms in total. The minimum atomic E-state index is -0.348. The van der Waals surface area contributed by atoms with E-state index >= 15 is 0 Å². The predicted molar refractivity (Wildman–Crippen MR) is 54.5 cm³/mol. The van der Waals surface area contributed by atoms with Crippen LogP contribution in [-0.2, 0) is 0 Å². The molecule has 1 aromatic rings. The summed E-state index contributed by atoms with van der Waals surface area (Å²) in [5.74, 6) is 0. The fraction of sp³-hybridized carbons (Fsp3) is 0.143. The highest BCUT2D eigenvalue weighted by atomic mass is 35.5. The average molecular weight is 218 g/mol. The number of hydrogen-bond donors (Lipinski definition) is 2. The topological polar surface area (TPSA) is 53.5 Å². The van der Waals surface area contributed by atoms with E-state index in [0.29, 0.717) is 4.34 Å². The van der Waals surface area contributed by atoms with E-state index in [9.17, 15) is 4.79 Å². The molecule has 1 heterocycles. The second kappa shape index (κ2) is 4.84. The molecule has 6 heteroatoms. The van der Waals surface area contributed by atoms with Crippen LogP contribution < -0.4 is 10.7 Å². The number of carbonyl (C=O) groups excluding carboxylic acids is 1. The normalized spacial score (nSPS) is 10.3. The van der Waals surface area contributed by atoms with Gasteiger partial charge in [0.2, 0.25) is 0 Å².